The Hall–Kier alpha value is -2.97. The highest BCUT2D eigenvalue weighted by Gasteiger charge is 2.47. The normalized spacial score (nSPS) is 21.4. The van der Waals surface area contributed by atoms with Crippen molar-refractivity contribution in [1.29, 1.82) is 0 Å². The van der Waals surface area contributed by atoms with Gasteiger partial charge in [-0.25, -0.2) is 0 Å². The zero-order valence-electron chi connectivity index (χ0n) is 14.8. The number of Topliss-reactive ketones (excluding diaryl/α,β-unsaturated/α-hetero) is 1. The lowest BCUT2D eigenvalue weighted by Crippen LogP contribution is -2.63. The lowest BCUT2D eigenvalue weighted by Gasteiger charge is -2.30. The van der Waals surface area contributed by atoms with E-state index in [4.69, 9.17) is 15.2 Å². The number of nitrogens with one attached hydrogen (secondary N) is 2. The number of ether oxygens (including phenoxy) is 2. The summed E-state index contributed by atoms with van der Waals surface area (Å²) in [6.45, 7) is 1.60. The van der Waals surface area contributed by atoms with Gasteiger partial charge in [0.2, 0.25) is 18.0 Å². The van der Waals surface area contributed by atoms with Crippen molar-refractivity contribution in [3.8, 4) is 0 Å². The molecule has 0 spiro atoms. The first-order valence-electron chi connectivity index (χ1n) is 8.51. The largest absolute Gasteiger partial charge is 0.434 e. The van der Waals surface area contributed by atoms with Gasteiger partial charge in [-0.2, -0.15) is 0 Å². The molecule has 1 aliphatic heterocycles. The number of benzene rings is 1. The van der Waals surface area contributed by atoms with Crippen LogP contribution in [-0.2, 0) is 25.7 Å². The van der Waals surface area contributed by atoms with Crippen molar-refractivity contribution in [3.63, 3.8) is 0 Å². The fourth-order valence-corrected chi connectivity index (χ4v) is 2.92. The van der Waals surface area contributed by atoms with E-state index in [9.17, 15) is 14.4 Å². The van der Waals surface area contributed by atoms with Crippen LogP contribution in [0.25, 0.3) is 0 Å². The molecule has 3 rings (SSSR count). The summed E-state index contributed by atoms with van der Waals surface area (Å²) in [5.74, 6) is -1.87. The van der Waals surface area contributed by atoms with E-state index in [1.807, 2.05) is 30.3 Å². The number of cyclic esters (lactones) is 1. The van der Waals surface area contributed by atoms with Crippen LogP contribution in [0.4, 0.5) is 0 Å². The molecule has 2 aromatic rings. The Balaban J connectivity index is 1.74. The van der Waals surface area contributed by atoms with E-state index in [1.54, 1.807) is 18.3 Å². The van der Waals surface area contributed by atoms with E-state index in [-0.39, 0.29) is 18.7 Å². The van der Waals surface area contributed by atoms with Gasteiger partial charge in [0.15, 0.2) is 5.54 Å². The fraction of sp³-hybridized carbons (Fsp3) is 0.316. The van der Waals surface area contributed by atoms with E-state index < -0.39 is 35.5 Å². The molecule has 1 saturated heterocycles. The lowest BCUT2D eigenvalue weighted by molar-refractivity contribution is -0.167. The smallest absolute Gasteiger partial charge is 0.309 e. The first kappa shape index (κ1) is 18.8. The molecule has 2 heterocycles. The number of carbonyl (C=O) groups excluding carboxylic acids is 3. The predicted octanol–water partition coefficient (Wildman–Crippen LogP) is 0.889. The fourth-order valence-electron chi connectivity index (χ4n) is 2.92. The molecule has 27 heavy (non-hydrogen) atoms. The van der Waals surface area contributed by atoms with Gasteiger partial charge in [0.25, 0.3) is 0 Å². The number of aromatic amines is 1. The highest BCUT2D eigenvalue weighted by Crippen LogP contribution is 2.22. The van der Waals surface area contributed by atoms with Crippen LogP contribution in [0.15, 0.2) is 48.7 Å². The Morgan fingerprint density at radius 3 is 2.67 bits per heavy atom. The van der Waals surface area contributed by atoms with Crippen molar-refractivity contribution < 1.29 is 23.9 Å². The van der Waals surface area contributed by atoms with Crippen LogP contribution < -0.4 is 11.1 Å². The number of carbonyl (C=O) groups is 3. The number of aromatic nitrogens is 1. The van der Waals surface area contributed by atoms with Crippen LogP contribution in [0.1, 0.15) is 29.4 Å². The van der Waals surface area contributed by atoms with Crippen LogP contribution in [0, 0.1) is 0 Å². The molecule has 1 amide bonds. The van der Waals surface area contributed by atoms with Gasteiger partial charge >= 0.3 is 5.97 Å². The molecule has 1 aromatic heterocycles. The molecule has 8 nitrogen and oxygen atoms in total. The van der Waals surface area contributed by atoms with Crippen LogP contribution >= 0.6 is 0 Å². The van der Waals surface area contributed by atoms with Crippen LogP contribution in [-0.4, -0.2) is 40.5 Å². The molecule has 8 heteroatoms. The lowest BCUT2D eigenvalue weighted by atomic mass is 9.91. The van der Waals surface area contributed by atoms with E-state index in [2.05, 4.69) is 10.3 Å². The number of rotatable bonds is 8. The molecular weight excluding hydrogens is 350 g/mol. The molecule has 142 valence electrons. The minimum Gasteiger partial charge on any atom is -0.434 e. The van der Waals surface area contributed by atoms with Crippen molar-refractivity contribution in [2.24, 2.45) is 5.73 Å². The van der Waals surface area contributed by atoms with Crippen LogP contribution in [0.2, 0.25) is 0 Å². The molecule has 4 N–H and O–H groups in total. The molecule has 0 aliphatic carbocycles. The van der Waals surface area contributed by atoms with Gasteiger partial charge in [-0.15, -0.1) is 0 Å². The molecule has 1 aromatic carbocycles. The highest BCUT2D eigenvalue weighted by atomic mass is 16.7. The summed E-state index contributed by atoms with van der Waals surface area (Å²) in [6.07, 6.45) is 0.594. The zero-order chi connectivity index (χ0) is 19.4. The number of ketones is 1. The standard InChI is InChI=1S/C19H21N3O5/c1-19(18(20)25,16(24)13-8-5-9-21-13)22-14-10-15(23)27-17(14)26-11-12-6-3-2-4-7-12/h2-9,14,17,21-22H,10-11H2,1H3,(H2,20,25)/t14?,17?,19-/m1/s1. The number of primary amides is 1. The van der Waals surface area contributed by atoms with E-state index >= 15 is 0 Å². The van der Waals surface area contributed by atoms with Gasteiger partial charge < -0.3 is 20.2 Å². The predicted molar refractivity (Wildman–Crippen MR) is 95.4 cm³/mol. The maximum Gasteiger partial charge on any atom is 0.309 e. The van der Waals surface area contributed by atoms with Gasteiger partial charge in [-0.3, -0.25) is 19.7 Å². The van der Waals surface area contributed by atoms with Gasteiger partial charge in [-0.05, 0) is 24.6 Å². The molecule has 0 radical (unpaired) electrons. The summed E-state index contributed by atoms with van der Waals surface area (Å²) in [7, 11) is 0. The second kappa shape index (κ2) is 7.73. The molecule has 2 unspecified atom stereocenters. The second-order valence-electron chi connectivity index (χ2n) is 6.51. The minimum absolute atomic E-state index is 0.0413. The summed E-state index contributed by atoms with van der Waals surface area (Å²) >= 11 is 0. The summed E-state index contributed by atoms with van der Waals surface area (Å²) in [6, 6.07) is 11.9. The third kappa shape index (κ3) is 4.07. The SMILES string of the molecule is C[C@](NC1CC(=O)OC1OCc1ccccc1)(C(N)=O)C(=O)c1ccc[nH]1. The van der Waals surface area contributed by atoms with Gasteiger partial charge in [0.1, 0.15) is 0 Å². The monoisotopic (exact) mass is 371 g/mol. The summed E-state index contributed by atoms with van der Waals surface area (Å²) in [5, 5.41) is 2.88. The molecule has 1 fully saturated rings. The Morgan fingerprint density at radius 2 is 2.04 bits per heavy atom. The maximum atomic E-state index is 12.8. The minimum atomic E-state index is -1.72. The number of hydrogen-bond acceptors (Lipinski definition) is 6. The first-order valence-corrected chi connectivity index (χ1v) is 8.51. The average molecular weight is 371 g/mol. The van der Waals surface area contributed by atoms with E-state index in [0.29, 0.717) is 0 Å². The Morgan fingerprint density at radius 1 is 1.30 bits per heavy atom. The van der Waals surface area contributed by atoms with Crippen molar-refractivity contribution in [3.05, 3.63) is 59.9 Å². The quantitative estimate of drug-likeness (QED) is 0.360. The molecule has 0 saturated carbocycles. The zero-order valence-corrected chi connectivity index (χ0v) is 14.8. The Labute approximate surface area is 156 Å². The topological polar surface area (TPSA) is 124 Å². The van der Waals surface area contributed by atoms with Gasteiger partial charge in [0.05, 0.1) is 24.8 Å². The summed E-state index contributed by atoms with van der Waals surface area (Å²) in [5.41, 5.74) is 4.91. The number of H-pyrrole nitrogens is 1. The van der Waals surface area contributed by atoms with Crippen molar-refractivity contribution in [2.75, 3.05) is 0 Å². The Bertz CT molecular complexity index is 821. The van der Waals surface area contributed by atoms with Crippen LogP contribution in [0.5, 0.6) is 0 Å². The van der Waals surface area contributed by atoms with Crippen LogP contribution in [0.3, 0.4) is 0 Å². The third-order valence-corrected chi connectivity index (χ3v) is 4.48. The summed E-state index contributed by atoms with van der Waals surface area (Å²) < 4.78 is 10.9. The van der Waals surface area contributed by atoms with Gasteiger partial charge in [-0.1, -0.05) is 30.3 Å². The van der Waals surface area contributed by atoms with E-state index in [1.165, 1.54) is 6.92 Å². The third-order valence-electron chi connectivity index (χ3n) is 4.48. The molecule has 0 bridgehead atoms. The first-order chi connectivity index (χ1) is 12.9. The maximum absolute atomic E-state index is 12.8. The molecule has 1 aliphatic rings. The number of esters is 1. The second-order valence-corrected chi connectivity index (χ2v) is 6.51. The van der Waals surface area contributed by atoms with E-state index in [0.717, 1.165) is 5.56 Å². The molecular formula is C19H21N3O5. The van der Waals surface area contributed by atoms with Crippen molar-refractivity contribution in [2.45, 2.75) is 37.8 Å². The Kier molecular flexibility index (Phi) is 5.38. The average Bonchev–Trinajstić information content (AvgIpc) is 3.30. The number of amides is 1. The highest BCUT2D eigenvalue weighted by molar-refractivity contribution is 6.16. The molecule has 3 atom stereocenters. The number of nitrogens with two attached hydrogens (primary N) is 1. The van der Waals surface area contributed by atoms with Gasteiger partial charge in [0, 0.05) is 6.20 Å². The number of hydrogen-bond donors (Lipinski definition) is 3. The van der Waals surface area contributed by atoms with Crippen molar-refractivity contribution in [1.82, 2.24) is 10.3 Å². The summed E-state index contributed by atoms with van der Waals surface area (Å²) in [4.78, 5) is 39.4. The van der Waals surface area contributed by atoms with Crippen molar-refractivity contribution >= 4 is 17.7 Å².